The van der Waals surface area contributed by atoms with E-state index in [0.29, 0.717) is 13.0 Å². The molecule has 0 spiro atoms. The van der Waals surface area contributed by atoms with Gasteiger partial charge in [0, 0.05) is 18.8 Å². The quantitative estimate of drug-likeness (QED) is 0.559. The van der Waals surface area contributed by atoms with Gasteiger partial charge in [-0.2, -0.15) is 0 Å². The van der Waals surface area contributed by atoms with E-state index in [4.69, 9.17) is 4.74 Å². The average Bonchev–Trinajstić information content (AvgIpc) is 2.72. The Balaban J connectivity index is 2.58. The predicted molar refractivity (Wildman–Crippen MR) is 66.8 cm³/mol. The number of ether oxygens (including phenoxy) is 2. The Morgan fingerprint density at radius 2 is 2.06 bits per heavy atom. The summed E-state index contributed by atoms with van der Waals surface area (Å²) in [6.45, 7) is 6.03. The molecule has 0 atom stereocenters. The van der Waals surface area contributed by atoms with Crippen molar-refractivity contribution in [2.75, 3.05) is 13.7 Å². The van der Waals surface area contributed by atoms with E-state index in [0.717, 1.165) is 5.57 Å². The fourth-order valence-corrected chi connectivity index (χ4v) is 1.41. The normalized spacial score (nSPS) is 15.8. The summed E-state index contributed by atoms with van der Waals surface area (Å²) in [7, 11) is 1.32. The number of esters is 1. The van der Waals surface area contributed by atoms with Crippen LogP contribution in [0.25, 0.3) is 0 Å². The lowest BCUT2D eigenvalue weighted by molar-refractivity contribution is -0.134. The number of hydrogen-bond acceptors (Lipinski definition) is 4. The lowest BCUT2D eigenvalue weighted by Crippen LogP contribution is -2.32. The molecule has 100 valence electrons. The summed E-state index contributed by atoms with van der Waals surface area (Å²) < 4.78 is 9.74. The minimum Gasteiger partial charge on any atom is -0.466 e. The summed E-state index contributed by atoms with van der Waals surface area (Å²) in [6, 6.07) is 0. The van der Waals surface area contributed by atoms with Gasteiger partial charge in [0.15, 0.2) is 0 Å². The molecule has 0 bridgehead atoms. The van der Waals surface area contributed by atoms with Crippen LogP contribution in [0, 0.1) is 0 Å². The first-order chi connectivity index (χ1) is 8.31. The van der Waals surface area contributed by atoms with Crippen LogP contribution in [0.15, 0.2) is 23.9 Å². The van der Waals surface area contributed by atoms with Crippen LogP contribution in [0.5, 0.6) is 0 Å². The van der Waals surface area contributed by atoms with Crippen molar-refractivity contribution in [1.82, 2.24) is 4.90 Å². The number of carbonyl (C=O) groups is 2. The molecule has 0 N–H and O–H groups in total. The SMILES string of the molecule is COC(=O)C=CC1=CN(C(=O)OC(C)(C)C)CC1. The highest BCUT2D eigenvalue weighted by Crippen LogP contribution is 2.18. The second-order valence-corrected chi connectivity index (χ2v) is 4.98. The maximum atomic E-state index is 11.7. The van der Waals surface area contributed by atoms with Gasteiger partial charge < -0.3 is 9.47 Å². The number of carbonyl (C=O) groups excluding carboxylic acids is 2. The second kappa shape index (κ2) is 5.71. The lowest BCUT2D eigenvalue weighted by atomic mass is 10.2. The van der Waals surface area contributed by atoms with Crippen molar-refractivity contribution in [2.45, 2.75) is 32.8 Å². The summed E-state index contributed by atoms with van der Waals surface area (Å²) >= 11 is 0. The van der Waals surface area contributed by atoms with Crippen molar-refractivity contribution in [1.29, 1.82) is 0 Å². The molecule has 5 nitrogen and oxygen atoms in total. The zero-order valence-electron chi connectivity index (χ0n) is 11.2. The van der Waals surface area contributed by atoms with Gasteiger partial charge in [-0.15, -0.1) is 0 Å². The van der Waals surface area contributed by atoms with Crippen LogP contribution in [-0.4, -0.2) is 36.2 Å². The van der Waals surface area contributed by atoms with Gasteiger partial charge >= 0.3 is 12.1 Å². The molecule has 0 radical (unpaired) electrons. The minimum absolute atomic E-state index is 0.371. The Bertz CT molecular complexity index is 390. The van der Waals surface area contributed by atoms with E-state index < -0.39 is 11.6 Å². The van der Waals surface area contributed by atoms with Crippen molar-refractivity contribution >= 4 is 12.1 Å². The second-order valence-electron chi connectivity index (χ2n) is 4.98. The summed E-state index contributed by atoms with van der Waals surface area (Å²) in [6.07, 6.45) is 5.00. The molecule has 18 heavy (non-hydrogen) atoms. The molecule has 1 amide bonds. The monoisotopic (exact) mass is 253 g/mol. The standard InChI is InChI=1S/C13H19NO4/c1-13(2,3)18-12(16)14-8-7-10(9-14)5-6-11(15)17-4/h5-6,9H,7-8H2,1-4H3. The van der Waals surface area contributed by atoms with Crippen LogP contribution in [0.2, 0.25) is 0 Å². The van der Waals surface area contributed by atoms with E-state index in [-0.39, 0.29) is 6.09 Å². The first-order valence-electron chi connectivity index (χ1n) is 5.78. The molecule has 0 aliphatic carbocycles. The van der Waals surface area contributed by atoms with Crippen molar-refractivity contribution in [3.63, 3.8) is 0 Å². The largest absolute Gasteiger partial charge is 0.466 e. The first kappa shape index (κ1) is 14.3. The van der Waals surface area contributed by atoms with Gasteiger partial charge in [0.05, 0.1) is 7.11 Å². The van der Waals surface area contributed by atoms with Crippen LogP contribution in [0.4, 0.5) is 4.79 Å². The highest BCUT2D eigenvalue weighted by atomic mass is 16.6. The van der Waals surface area contributed by atoms with Crippen LogP contribution in [0.1, 0.15) is 27.2 Å². The van der Waals surface area contributed by atoms with Gasteiger partial charge in [-0.05, 0) is 32.8 Å². The molecule has 0 saturated carbocycles. The zero-order valence-corrected chi connectivity index (χ0v) is 11.2. The van der Waals surface area contributed by atoms with Crippen molar-refractivity contribution in [2.24, 2.45) is 0 Å². The van der Waals surface area contributed by atoms with Crippen molar-refractivity contribution in [3.05, 3.63) is 23.9 Å². The maximum Gasteiger partial charge on any atom is 0.414 e. The van der Waals surface area contributed by atoms with Crippen LogP contribution in [-0.2, 0) is 14.3 Å². The molecule has 1 heterocycles. The molecule has 5 heteroatoms. The number of hydrogen-bond donors (Lipinski definition) is 0. The first-order valence-corrected chi connectivity index (χ1v) is 5.78. The molecular weight excluding hydrogens is 234 g/mol. The van der Waals surface area contributed by atoms with E-state index >= 15 is 0 Å². The molecule has 1 aliphatic rings. The molecule has 0 aromatic carbocycles. The molecule has 0 aromatic heterocycles. The Morgan fingerprint density at radius 1 is 1.39 bits per heavy atom. The highest BCUT2D eigenvalue weighted by Gasteiger charge is 2.23. The van der Waals surface area contributed by atoms with Crippen molar-refractivity contribution < 1.29 is 19.1 Å². The Hall–Kier alpha value is -1.78. The summed E-state index contributed by atoms with van der Waals surface area (Å²) in [4.78, 5) is 24.2. The van der Waals surface area contributed by atoms with Crippen molar-refractivity contribution in [3.8, 4) is 0 Å². The molecule has 0 unspecified atom stereocenters. The lowest BCUT2D eigenvalue weighted by Gasteiger charge is -2.23. The van der Waals surface area contributed by atoms with E-state index in [9.17, 15) is 9.59 Å². The molecule has 0 aromatic rings. The van der Waals surface area contributed by atoms with Gasteiger partial charge in [0.1, 0.15) is 5.60 Å². The van der Waals surface area contributed by atoms with Gasteiger partial charge in [-0.1, -0.05) is 6.08 Å². The number of allylic oxidation sites excluding steroid dienone is 1. The number of rotatable bonds is 2. The Morgan fingerprint density at radius 3 is 2.61 bits per heavy atom. The molecule has 0 fully saturated rings. The van der Waals surface area contributed by atoms with Crippen LogP contribution >= 0.6 is 0 Å². The fourth-order valence-electron chi connectivity index (χ4n) is 1.41. The maximum absolute atomic E-state index is 11.7. The van der Waals surface area contributed by atoms with Crippen LogP contribution < -0.4 is 0 Å². The van der Waals surface area contributed by atoms with E-state index in [1.807, 2.05) is 20.8 Å². The molecule has 1 rings (SSSR count). The molecule has 0 saturated heterocycles. The predicted octanol–water partition coefficient (Wildman–Crippen LogP) is 2.24. The summed E-state index contributed by atoms with van der Waals surface area (Å²) in [5, 5.41) is 0. The van der Waals surface area contributed by atoms with Gasteiger partial charge in [-0.25, -0.2) is 9.59 Å². The Kier molecular flexibility index (Phi) is 4.53. The minimum atomic E-state index is -0.504. The third kappa shape index (κ3) is 4.61. The number of methoxy groups -OCH3 is 1. The third-order valence-electron chi connectivity index (χ3n) is 2.23. The Labute approximate surface area is 107 Å². The van der Waals surface area contributed by atoms with Gasteiger partial charge in [-0.3, -0.25) is 4.90 Å². The van der Waals surface area contributed by atoms with Crippen LogP contribution in [0.3, 0.4) is 0 Å². The zero-order chi connectivity index (χ0) is 13.8. The topological polar surface area (TPSA) is 55.8 Å². The van der Waals surface area contributed by atoms with Gasteiger partial charge in [0.25, 0.3) is 0 Å². The number of nitrogens with zero attached hydrogens (tertiary/aromatic N) is 1. The highest BCUT2D eigenvalue weighted by molar-refractivity contribution is 5.82. The summed E-state index contributed by atoms with van der Waals surface area (Å²) in [5.41, 5.74) is 0.390. The van der Waals surface area contributed by atoms with Gasteiger partial charge in [0.2, 0.25) is 0 Å². The molecule has 1 aliphatic heterocycles. The third-order valence-corrected chi connectivity index (χ3v) is 2.23. The molecular formula is C13H19NO4. The smallest absolute Gasteiger partial charge is 0.414 e. The summed E-state index contributed by atoms with van der Waals surface area (Å²) in [5.74, 6) is -0.411. The van der Waals surface area contributed by atoms with E-state index in [2.05, 4.69) is 4.74 Å². The van der Waals surface area contributed by atoms with E-state index in [1.165, 1.54) is 18.1 Å². The van der Waals surface area contributed by atoms with E-state index in [1.54, 1.807) is 12.3 Å². The number of amides is 1. The fraction of sp³-hybridized carbons (Fsp3) is 0.538. The average molecular weight is 253 g/mol.